The molecule has 2 aromatic carbocycles. The molecular formula is C25H19FN4O2S2. The number of hydrogen-bond acceptors (Lipinski definition) is 6. The highest BCUT2D eigenvalue weighted by atomic mass is 32.2. The van der Waals surface area contributed by atoms with Crippen LogP contribution in [-0.4, -0.2) is 21.2 Å². The zero-order valence-electron chi connectivity index (χ0n) is 18.0. The van der Waals surface area contributed by atoms with Gasteiger partial charge in [0.25, 0.3) is 5.56 Å². The summed E-state index contributed by atoms with van der Waals surface area (Å²) in [6, 6.07) is 14.7. The highest BCUT2D eigenvalue weighted by Gasteiger charge is 2.24. The van der Waals surface area contributed by atoms with Gasteiger partial charge in [0.05, 0.1) is 28.5 Å². The van der Waals surface area contributed by atoms with E-state index in [9.17, 15) is 14.0 Å². The number of carbonyl (C=O) groups excluding carboxylic acids is 1. The van der Waals surface area contributed by atoms with Gasteiger partial charge in [-0.2, -0.15) is 5.26 Å². The van der Waals surface area contributed by atoms with E-state index < -0.39 is 5.82 Å². The van der Waals surface area contributed by atoms with Gasteiger partial charge in [-0.1, -0.05) is 23.9 Å². The zero-order valence-corrected chi connectivity index (χ0v) is 19.6. The van der Waals surface area contributed by atoms with Gasteiger partial charge in [-0.05, 0) is 67.6 Å². The van der Waals surface area contributed by atoms with Gasteiger partial charge in [-0.25, -0.2) is 9.37 Å². The van der Waals surface area contributed by atoms with Gasteiger partial charge in [0.1, 0.15) is 10.6 Å². The average Bonchev–Trinajstić information content (AvgIpc) is 3.23. The SMILES string of the molecule is N#Cc1ccc(NC(=O)CSc2nc3sc4c(c3c(=O)n2-c2ccccc2F)CCCC4)cc1. The Morgan fingerprint density at radius 3 is 2.71 bits per heavy atom. The molecule has 0 spiro atoms. The van der Waals surface area contributed by atoms with Gasteiger partial charge in [0.15, 0.2) is 5.16 Å². The van der Waals surface area contributed by atoms with Gasteiger partial charge in [-0.3, -0.25) is 14.2 Å². The second kappa shape index (κ2) is 9.41. The largest absolute Gasteiger partial charge is 0.325 e. The molecule has 2 heterocycles. The van der Waals surface area contributed by atoms with Crippen molar-refractivity contribution in [2.24, 2.45) is 0 Å². The van der Waals surface area contributed by atoms with E-state index in [2.05, 4.69) is 5.32 Å². The minimum absolute atomic E-state index is 0.0164. The summed E-state index contributed by atoms with van der Waals surface area (Å²) in [6.45, 7) is 0. The predicted octanol–water partition coefficient (Wildman–Crippen LogP) is 5.07. The lowest BCUT2D eigenvalue weighted by molar-refractivity contribution is -0.113. The van der Waals surface area contributed by atoms with Crippen LogP contribution in [0.4, 0.5) is 10.1 Å². The second-order valence-corrected chi connectivity index (χ2v) is 9.93. The van der Waals surface area contributed by atoms with Crippen LogP contribution in [0.3, 0.4) is 0 Å². The highest BCUT2D eigenvalue weighted by Crippen LogP contribution is 2.35. The molecule has 1 amide bonds. The Morgan fingerprint density at radius 2 is 1.94 bits per heavy atom. The third-order valence-electron chi connectivity index (χ3n) is 5.68. The maximum atomic E-state index is 14.8. The average molecular weight is 491 g/mol. The molecule has 1 N–H and O–H groups in total. The van der Waals surface area contributed by atoms with Crippen molar-refractivity contribution < 1.29 is 9.18 Å². The molecule has 34 heavy (non-hydrogen) atoms. The molecule has 0 unspecified atom stereocenters. The van der Waals surface area contributed by atoms with Gasteiger partial charge in [-0.15, -0.1) is 11.3 Å². The molecule has 0 bridgehead atoms. The summed E-state index contributed by atoms with van der Waals surface area (Å²) in [5, 5.41) is 12.5. The lowest BCUT2D eigenvalue weighted by Crippen LogP contribution is -2.24. The van der Waals surface area contributed by atoms with Crippen molar-refractivity contribution in [1.82, 2.24) is 9.55 Å². The molecule has 170 valence electrons. The van der Waals surface area contributed by atoms with Crippen molar-refractivity contribution in [3.05, 3.63) is 80.7 Å². The molecule has 0 aliphatic heterocycles. The smallest absolute Gasteiger partial charge is 0.267 e. The van der Waals surface area contributed by atoms with E-state index >= 15 is 0 Å². The van der Waals surface area contributed by atoms with Gasteiger partial charge in [0, 0.05) is 10.6 Å². The van der Waals surface area contributed by atoms with Gasteiger partial charge in [0.2, 0.25) is 5.91 Å². The number of nitrogens with one attached hydrogen (secondary N) is 1. The first-order valence-corrected chi connectivity index (χ1v) is 12.6. The number of anilines is 1. The highest BCUT2D eigenvalue weighted by molar-refractivity contribution is 7.99. The maximum Gasteiger partial charge on any atom is 0.267 e. The Kier molecular flexibility index (Phi) is 6.18. The molecular weight excluding hydrogens is 471 g/mol. The number of nitrogens with zero attached hydrogens (tertiary/aromatic N) is 3. The number of para-hydroxylation sites is 1. The number of rotatable bonds is 5. The Labute approximate surface area is 203 Å². The number of aryl methyl sites for hydroxylation is 2. The van der Waals surface area contributed by atoms with Crippen molar-refractivity contribution in [3.63, 3.8) is 0 Å². The number of thiophene rings is 1. The normalized spacial score (nSPS) is 12.8. The van der Waals surface area contributed by atoms with Crippen molar-refractivity contribution in [2.75, 3.05) is 11.1 Å². The molecule has 5 rings (SSSR count). The lowest BCUT2D eigenvalue weighted by atomic mass is 9.97. The first-order valence-electron chi connectivity index (χ1n) is 10.8. The summed E-state index contributed by atoms with van der Waals surface area (Å²) >= 11 is 2.61. The van der Waals surface area contributed by atoms with E-state index in [0.29, 0.717) is 21.5 Å². The summed E-state index contributed by atoms with van der Waals surface area (Å²) < 4.78 is 16.0. The van der Waals surface area contributed by atoms with Crippen LogP contribution in [0.1, 0.15) is 28.8 Å². The van der Waals surface area contributed by atoms with E-state index in [4.69, 9.17) is 10.2 Å². The fourth-order valence-electron chi connectivity index (χ4n) is 4.08. The topological polar surface area (TPSA) is 87.8 Å². The summed E-state index contributed by atoms with van der Waals surface area (Å²) in [5.74, 6) is -0.842. The molecule has 0 saturated heterocycles. The summed E-state index contributed by atoms with van der Waals surface area (Å²) in [4.78, 5) is 32.8. The van der Waals surface area contributed by atoms with Crippen LogP contribution in [0.25, 0.3) is 15.9 Å². The van der Waals surface area contributed by atoms with Crippen LogP contribution in [0, 0.1) is 17.1 Å². The number of hydrogen-bond donors (Lipinski definition) is 1. The number of aromatic nitrogens is 2. The molecule has 1 aliphatic rings. The van der Waals surface area contributed by atoms with Crippen molar-refractivity contribution in [1.29, 1.82) is 5.26 Å². The number of amides is 1. The first-order chi connectivity index (χ1) is 16.5. The Morgan fingerprint density at radius 1 is 1.18 bits per heavy atom. The van der Waals surface area contributed by atoms with Gasteiger partial charge >= 0.3 is 0 Å². The predicted molar refractivity (Wildman–Crippen MR) is 132 cm³/mol. The van der Waals surface area contributed by atoms with Crippen LogP contribution in [0.5, 0.6) is 0 Å². The molecule has 6 nitrogen and oxygen atoms in total. The second-order valence-electron chi connectivity index (χ2n) is 7.90. The van der Waals surface area contributed by atoms with E-state index in [1.54, 1.807) is 42.5 Å². The number of benzene rings is 2. The molecule has 2 aromatic heterocycles. The maximum absolute atomic E-state index is 14.8. The Balaban J connectivity index is 1.51. The van der Waals surface area contributed by atoms with Crippen LogP contribution in [0.2, 0.25) is 0 Å². The molecule has 0 saturated carbocycles. The van der Waals surface area contributed by atoms with E-state index in [-0.39, 0.29) is 28.1 Å². The quantitative estimate of drug-likeness (QED) is 0.312. The number of nitriles is 1. The van der Waals surface area contributed by atoms with E-state index in [1.165, 1.54) is 26.8 Å². The lowest BCUT2D eigenvalue weighted by Gasteiger charge is -2.14. The van der Waals surface area contributed by atoms with Crippen LogP contribution < -0.4 is 10.9 Å². The Bertz CT molecular complexity index is 1500. The first kappa shape index (κ1) is 22.3. The standard InChI is InChI=1S/C25H19FN4O2S2/c26-18-6-2-3-7-19(18)30-24(32)22-17-5-1-4-8-20(17)34-23(22)29-25(30)33-14-21(31)28-16-11-9-15(13-27)10-12-16/h2-3,6-7,9-12H,1,4-5,8,14H2,(H,28,31). The molecule has 0 radical (unpaired) electrons. The fraction of sp³-hybridized carbons (Fsp3) is 0.200. The monoisotopic (exact) mass is 490 g/mol. The molecule has 0 fully saturated rings. The number of carbonyl (C=O) groups is 1. The number of fused-ring (bicyclic) bond motifs is 3. The number of thioether (sulfide) groups is 1. The third kappa shape index (κ3) is 4.22. The molecule has 4 aromatic rings. The summed E-state index contributed by atoms with van der Waals surface area (Å²) in [7, 11) is 0. The third-order valence-corrected chi connectivity index (χ3v) is 7.81. The Hall–Kier alpha value is -3.48. The molecule has 1 aliphatic carbocycles. The van der Waals surface area contributed by atoms with Gasteiger partial charge < -0.3 is 5.32 Å². The fourth-order valence-corrected chi connectivity index (χ4v) is 6.19. The minimum atomic E-state index is -0.529. The van der Waals surface area contributed by atoms with E-state index in [1.807, 2.05) is 6.07 Å². The molecule has 9 heteroatoms. The number of halogens is 1. The van der Waals surface area contributed by atoms with Crippen molar-refractivity contribution in [3.8, 4) is 11.8 Å². The summed E-state index contributed by atoms with van der Waals surface area (Å²) in [5.41, 5.74) is 1.91. The van der Waals surface area contributed by atoms with Crippen LogP contribution in [-0.2, 0) is 17.6 Å². The molecule has 0 atom stereocenters. The van der Waals surface area contributed by atoms with Crippen LogP contribution in [0.15, 0.2) is 58.5 Å². The minimum Gasteiger partial charge on any atom is -0.325 e. The van der Waals surface area contributed by atoms with Crippen LogP contribution >= 0.6 is 23.1 Å². The van der Waals surface area contributed by atoms with Crippen molar-refractivity contribution in [2.45, 2.75) is 30.8 Å². The summed E-state index contributed by atoms with van der Waals surface area (Å²) in [6.07, 6.45) is 3.84. The van der Waals surface area contributed by atoms with E-state index in [0.717, 1.165) is 43.0 Å². The zero-order chi connectivity index (χ0) is 23.7. The van der Waals surface area contributed by atoms with Crippen molar-refractivity contribution >= 4 is 44.9 Å².